The number of hydrogen-bond donors (Lipinski definition) is 0. The number of ether oxygens (including phenoxy) is 1. The Kier molecular flexibility index (Phi) is 4.06. The molecule has 0 saturated heterocycles. The zero-order valence-electron chi connectivity index (χ0n) is 9.26. The van der Waals surface area contributed by atoms with Gasteiger partial charge < -0.3 is 9.53 Å². The van der Waals surface area contributed by atoms with Gasteiger partial charge in [0, 0.05) is 6.42 Å². The highest BCUT2D eigenvalue weighted by atomic mass is 32.2. The normalized spacial score (nSPS) is 11.1. The molecule has 0 radical (unpaired) electrons. The van der Waals surface area contributed by atoms with Gasteiger partial charge in [-0.15, -0.1) is 0 Å². The largest absolute Gasteiger partial charge is 0.497 e. The maximum absolute atomic E-state index is 11.8. The lowest BCUT2D eigenvalue weighted by Crippen LogP contribution is -2.09. The molecule has 4 nitrogen and oxygen atoms in total. The molecule has 5 heteroatoms. The lowest BCUT2D eigenvalue weighted by atomic mass is 10.2. The van der Waals surface area contributed by atoms with Gasteiger partial charge >= 0.3 is 0 Å². The van der Waals surface area contributed by atoms with E-state index in [1.165, 1.54) is 13.2 Å². The number of methoxy groups -OCH3 is 1. The van der Waals surface area contributed by atoms with Crippen molar-refractivity contribution in [2.24, 2.45) is 0 Å². The van der Waals surface area contributed by atoms with Gasteiger partial charge in [0.25, 0.3) is 0 Å². The molecule has 16 heavy (non-hydrogen) atoms. The molecule has 0 bridgehead atoms. The van der Waals surface area contributed by atoms with Crippen molar-refractivity contribution in [3.63, 3.8) is 0 Å². The van der Waals surface area contributed by atoms with Crippen LogP contribution in [0.4, 0.5) is 0 Å². The van der Waals surface area contributed by atoms with Crippen molar-refractivity contribution in [1.82, 2.24) is 0 Å². The number of aldehydes is 1. The molecule has 0 N–H and O–H groups in total. The summed E-state index contributed by atoms with van der Waals surface area (Å²) in [6, 6.07) is 4.77. The standard InChI is InChI=1S/C11H14O4S/c1-9-8-10(15-2)4-5-11(9)16(13,14)7-3-6-12/h4-6,8H,3,7H2,1-2H3. The number of hydrogen-bond acceptors (Lipinski definition) is 4. The van der Waals surface area contributed by atoms with E-state index in [1.54, 1.807) is 19.1 Å². The highest BCUT2D eigenvalue weighted by molar-refractivity contribution is 7.91. The lowest BCUT2D eigenvalue weighted by Gasteiger charge is -2.08. The third-order valence-electron chi connectivity index (χ3n) is 2.22. The molecule has 0 unspecified atom stereocenters. The third-order valence-corrected chi connectivity index (χ3v) is 4.12. The van der Waals surface area contributed by atoms with Crippen molar-refractivity contribution in [2.75, 3.05) is 12.9 Å². The molecule has 1 rings (SSSR count). The van der Waals surface area contributed by atoms with Crippen molar-refractivity contribution in [1.29, 1.82) is 0 Å². The highest BCUT2D eigenvalue weighted by Gasteiger charge is 2.16. The minimum atomic E-state index is -3.36. The summed E-state index contributed by atoms with van der Waals surface area (Å²) in [6.45, 7) is 1.70. The number of sulfone groups is 1. The molecule has 1 aromatic carbocycles. The van der Waals surface area contributed by atoms with Crippen LogP contribution in [-0.2, 0) is 14.6 Å². The van der Waals surface area contributed by atoms with Crippen molar-refractivity contribution in [3.05, 3.63) is 23.8 Å². The topological polar surface area (TPSA) is 60.4 Å². The predicted molar refractivity (Wildman–Crippen MR) is 60.5 cm³/mol. The first-order valence-electron chi connectivity index (χ1n) is 4.82. The molecule has 0 aliphatic rings. The molecule has 0 amide bonds. The molecule has 0 aromatic heterocycles. The van der Waals surface area contributed by atoms with E-state index in [4.69, 9.17) is 4.74 Å². The van der Waals surface area contributed by atoms with Crippen LogP contribution in [0.5, 0.6) is 5.75 Å². The van der Waals surface area contributed by atoms with Crippen LogP contribution in [0.15, 0.2) is 23.1 Å². The van der Waals surface area contributed by atoms with Gasteiger partial charge in [0.1, 0.15) is 12.0 Å². The van der Waals surface area contributed by atoms with E-state index in [9.17, 15) is 13.2 Å². The van der Waals surface area contributed by atoms with E-state index in [1.807, 2.05) is 0 Å². The second-order valence-electron chi connectivity index (χ2n) is 3.41. The van der Waals surface area contributed by atoms with Gasteiger partial charge in [-0.25, -0.2) is 8.42 Å². The van der Waals surface area contributed by atoms with E-state index >= 15 is 0 Å². The minimum absolute atomic E-state index is 0.0216. The lowest BCUT2D eigenvalue weighted by molar-refractivity contribution is -0.107. The van der Waals surface area contributed by atoms with Gasteiger partial charge in [-0.05, 0) is 30.7 Å². The minimum Gasteiger partial charge on any atom is -0.497 e. The fourth-order valence-corrected chi connectivity index (χ4v) is 2.86. The summed E-state index contributed by atoms with van der Waals surface area (Å²) in [5, 5.41) is 0. The van der Waals surface area contributed by atoms with Gasteiger partial charge in [0.15, 0.2) is 9.84 Å². The molecule has 0 aliphatic carbocycles. The van der Waals surface area contributed by atoms with Crippen LogP contribution in [0.2, 0.25) is 0 Å². The zero-order chi connectivity index (χ0) is 12.2. The first-order chi connectivity index (χ1) is 7.51. The van der Waals surface area contributed by atoms with Crippen LogP contribution < -0.4 is 4.74 Å². The quantitative estimate of drug-likeness (QED) is 0.732. The van der Waals surface area contributed by atoms with Gasteiger partial charge in [0.05, 0.1) is 17.8 Å². The maximum atomic E-state index is 11.8. The molecule has 0 spiro atoms. The number of carbonyl (C=O) groups excluding carboxylic acids is 1. The van der Waals surface area contributed by atoms with E-state index < -0.39 is 9.84 Å². The van der Waals surface area contributed by atoms with E-state index in [0.29, 0.717) is 17.6 Å². The molecule has 0 heterocycles. The predicted octanol–water partition coefficient (Wildman–Crippen LogP) is 1.37. The number of rotatable bonds is 5. The SMILES string of the molecule is COc1ccc(S(=O)(=O)CCC=O)c(C)c1. The summed E-state index contributed by atoms with van der Waals surface area (Å²) in [5.74, 6) is 0.468. The summed E-state index contributed by atoms with van der Waals surface area (Å²) in [5.41, 5.74) is 0.630. The Labute approximate surface area is 95.2 Å². The average Bonchev–Trinajstić information content (AvgIpc) is 2.25. The van der Waals surface area contributed by atoms with E-state index in [-0.39, 0.29) is 17.1 Å². The Bertz CT molecular complexity index is 477. The number of aryl methyl sites for hydroxylation is 1. The number of carbonyl (C=O) groups is 1. The van der Waals surface area contributed by atoms with Crippen molar-refractivity contribution < 1.29 is 17.9 Å². The molecule has 0 saturated carbocycles. The van der Waals surface area contributed by atoms with Crippen LogP contribution in [-0.4, -0.2) is 27.6 Å². The van der Waals surface area contributed by atoms with E-state index in [2.05, 4.69) is 0 Å². The zero-order valence-corrected chi connectivity index (χ0v) is 10.1. The molecule has 88 valence electrons. The molecular formula is C11H14O4S. The fraction of sp³-hybridized carbons (Fsp3) is 0.364. The van der Waals surface area contributed by atoms with Crippen molar-refractivity contribution in [3.8, 4) is 5.75 Å². The Morgan fingerprint density at radius 3 is 2.56 bits per heavy atom. The number of benzene rings is 1. The summed E-state index contributed by atoms with van der Waals surface area (Å²) < 4.78 is 28.6. The van der Waals surface area contributed by atoms with E-state index in [0.717, 1.165) is 0 Å². The van der Waals surface area contributed by atoms with Crippen LogP contribution >= 0.6 is 0 Å². The first-order valence-corrected chi connectivity index (χ1v) is 6.47. The fourth-order valence-electron chi connectivity index (χ4n) is 1.41. The van der Waals surface area contributed by atoms with Crippen LogP contribution in [0.1, 0.15) is 12.0 Å². The first kappa shape index (κ1) is 12.7. The van der Waals surface area contributed by atoms with Crippen LogP contribution in [0.3, 0.4) is 0 Å². The Morgan fingerprint density at radius 2 is 2.06 bits per heavy atom. The third kappa shape index (κ3) is 2.82. The monoisotopic (exact) mass is 242 g/mol. The molecule has 0 aliphatic heterocycles. The maximum Gasteiger partial charge on any atom is 0.179 e. The van der Waals surface area contributed by atoms with Crippen molar-refractivity contribution >= 4 is 16.1 Å². The highest BCUT2D eigenvalue weighted by Crippen LogP contribution is 2.22. The molecule has 1 aromatic rings. The Hall–Kier alpha value is -1.36. The summed E-state index contributed by atoms with van der Waals surface area (Å²) in [6.07, 6.45) is 0.629. The summed E-state index contributed by atoms with van der Waals surface area (Å²) in [7, 11) is -1.84. The van der Waals surface area contributed by atoms with Gasteiger partial charge in [-0.2, -0.15) is 0 Å². The van der Waals surface area contributed by atoms with Gasteiger partial charge in [0.2, 0.25) is 0 Å². The Balaban J connectivity index is 3.09. The molecular weight excluding hydrogens is 228 g/mol. The average molecular weight is 242 g/mol. The summed E-state index contributed by atoms with van der Waals surface area (Å²) in [4.78, 5) is 10.4. The molecule has 0 fully saturated rings. The van der Waals surface area contributed by atoms with Crippen LogP contribution in [0, 0.1) is 6.92 Å². The Morgan fingerprint density at radius 1 is 1.38 bits per heavy atom. The van der Waals surface area contributed by atoms with Gasteiger partial charge in [-0.3, -0.25) is 0 Å². The smallest absolute Gasteiger partial charge is 0.179 e. The van der Waals surface area contributed by atoms with Crippen LogP contribution in [0.25, 0.3) is 0 Å². The second kappa shape index (κ2) is 5.12. The van der Waals surface area contributed by atoms with Crippen molar-refractivity contribution in [2.45, 2.75) is 18.2 Å². The van der Waals surface area contributed by atoms with Gasteiger partial charge in [-0.1, -0.05) is 0 Å². The second-order valence-corrected chi connectivity index (χ2v) is 5.48. The molecule has 0 atom stereocenters. The summed E-state index contributed by atoms with van der Waals surface area (Å²) >= 11 is 0.